The lowest BCUT2D eigenvalue weighted by molar-refractivity contribution is -0.251. The summed E-state index contributed by atoms with van der Waals surface area (Å²) in [7, 11) is 0. The SMILES string of the molecule is Cc1ccc(-c2nnc(C3([C@H]4CCN(C(=O)C(C)(O)C(F)(F)F)C[C@H]4C)CC3)o2)cc1. The summed E-state index contributed by atoms with van der Waals surface area (Å²) in [5.41, 5.74) is -1.71. The van der Waals surface area contributed by atoms with Crippen molar-refractivity contribution in [3.63, 3.8) is 0 Å². The molecule has 2 heterocycles. The number of nitrogens with zero attached hydrogens (tertiary/aromatic N) is 3. The van der Waals surface area contributed by atoms with Gasteiger partial charge >= 0.3 is 6.18 Å². The number of aromatic nitrogens is 2. The van der Waals surface area contributed by atoms with E-state index in [0.29, 0.717) is 25.1 Å². The van der Waals surface area contributed by atoms with Crippen molar-refractivity contribution in [2.45, 2.75) is 57.2 Å². The molecule has 2 fully saturated rings. The van der Waals surface area contributed by atoms with Gasteiger partial charge in [-0.15, -0.1) is 10.2 Å². The van der Waals surface area contributed by atoms with Crippen molar-refractivity contribution in [3.8, 4) is 11.5 Å². The first-order valence-electron chi connectivity index (χ1n) is 10.5. The highest BCUT2D eigenvalue weighted by atomic mass is 19.4. The topological polar surface area (TPSA) is 79.5 Å². The first-order chi connectivity index (χ1) is 14.5. The van der Waals surface area contributed by atoms with Crippen LogP contribution in [0.4, 0.5) is 13.2 Å². The standard InChI is InChI=1S/C22H26F3N3O3/c1-13-4-6-15(7-5-13)17-26-27-18(31-17)21(9-10-21)16-8-11-28(12-14(16)2)19(29)20(3,30)22(23,24)25/h4-7,14,16,30H,8-12H2,1-3H3/t14-,16+,20?/m1/s1. The van der Waals surface area contributed by atoms with Gasteiger partial charge in [0, 0.05) is 18.7 Å². The van der Waals surface area contributed by atoms with E-state index in [4.69, 9.17) is 4.42 Å². The van der Waals surface area contributed by atoms with E-state index in [9.17, 15) is 23.1 Å². The van der Waals surface area contributed by atoms with Crippen LogP contribution in [0.1, 0.15) is 44.6 Å². The van der Waals surface area contributed by atoms with Crippen LogP contribution in [0.15, 0.2) is 28.7 Å². The molecule has 3 atom stereocenters. The van der Waals surface area contributed by atoms with Crippen LogP contribution >= 0.6 is 0 Å². The third kappa shape index (κ3) is 3.73. The zero-order valence-corrected chi connectivity index (χ0v) is 17.7. The van der Waals surface area contributed by atoms with Crippen LogP contribution in [-0.2, 0) is 10.2 Å². The van der Waals surface area contributed by atoms with E-state index in [1.807, 2.05) is 38.1 Å². The van der Waals surface area contributed by atoms with E-state index < -0.39 is 17.7 Å². The van der Waals surface area contributed by atoms with Gasteiger partial charge in [-0.05, 0) is 57.1 Å². The fourth-order valence-electron chi connectivity index (χ4n) is 4.70. The molecule has 1 aliphatic heterocycles. The lowest BCUT2D eigenvalue weighted by Gasteiger charge is -2.42. The number of hydrogen-bond acceptors (Lipinski definition) is 5. The fourth-order valence-corrected chi connectivity index (χ4v) is 4.70. The molecule has 0 spiro atoms. The molecule has 9 heteroatoms. The molecule has 1 aromatic carbocycles. The van der Waals surface area contributed by atoms with Gasteiger partial charge < -0.3 is 14.4 Å². The number of likely N-dealkylation sites (tertiary alicyclic amines) is 1. The van der Waals surface area contributed by atoms with Crippen LogP contribution in [-0.4, -0.2) is 51.0 Å². The number of carbonyl (C=O) groups is 1. The van der Waals surface area contributed by atoms with Gasteiger partial charge in [0.2, 0.25) is 17.4 Å². The Bertz CT molecular complexity index is 964. The smallest absolute Gasteiger partial charge is 0.420 e. The van der Waals surface area contributed by atoms with Gasteiger partial charge in [0.05, 0.1) is 5.41 Å². The Morgan fingerprint density at radius 2 is 1.87 bits per heavy atom. The molecule has 2 aliphatic rings. The predicted octanol–water partition coefficient (Wildman–Crippen LogP) is 3.87. The molecule has 1 aromatic heterocycles. The molecule has 2 aromatic rings. The normalized spacial score (nSPS) is 25.2. The lowest BCUT2D eigenvalue weighted by atomic mass is 9.74. The van der Waals surface area contributed by atoms with Crippen molar-refractivity contribution in [2.75, 3.05) is 13.1 Å². The van der Waals surface area contributed by atoms with E-state index in [0.717, 1.165) is 28.9 Å². The number of hydrogen-bond donors (Lipinski definition) is 1. The minimum atomic E-state index is -5.02. The Labute approximate surface area is 178 Å². The number of benzene rings is 1. The van der Waals surface area contributed by atoms with Gasteiger partial charge in [-0.2, -0.15) is 13.2 Å². The maximum Gasteiger partial charge on any atom is 0.426 e. The summed E-state index contributed by atoms with van der Waals surface area (Å²) in [4.78, 5) is 13.5. The van der Waals surface area contributed by atoms with Crippen molar-refractivity contribution in [1.82, 2.24) is 15.1 Å². The monoisotopic (exact) mass is 437 g/mol. The number of carbonyl (C=O) groups excluding carboxylic acids is 1. The molecule has 1 aliphatic carbocycles. The average Bonchev–Trinajstić information content (AvgIpc) is 3.35. The van der Waals surface area contributed by atoms with Crippen LogP contribution < -0.4 is 0 Å². The van der Waals surface area contributed by atoms with Crippen LogP contribution in [0.3, 0.4) is 0 Å². The Morgan fingerprint density at radius 3 is 2.42 bits per heavy atom. The lowest BCUT2D eigenvalue weighted by Crippen LogP contribution is -2.58. The largest absolute Gasteiger partial charge is 0.426 e. The number of aryl methyl sites for hydroxylation is 1. The second kappa shape index (κ2) is 7.32. The van der Waals surface area contributed by atoms with Crippen LogP contribution in [0.5, 0.6) is 0 Å². The first-order valence-corrected chi connectivity index (χ1v) is 10.5. The van der Waals surface area contributed by atoms with Crippen LogP contribution in [0.25, 0.3) is 11.5 Å². The Morgan fingerprint density at radius 1 is 1.23 bits per heavy atom. The van der Waals surface area contributed by atoms with Gasteiger partial charge in [-0.1, -0.05) is 24.6 Å². The number of aliphatic hydroxyl groups is 1. The molecule has 0 bridgehead atoms. The molecule has 6 nitrogen and oxygen atoms in total. The fraction of sp³-hybridized carbons (Fsp3) is 0.591. The summed E-state index contributed by atoms with van der Waals surface area (Å²) in [6.45, 7) is 4.73. The van der Waals surface area contributed by atoms with Crippen molar-refractivity contribution >= 4 is 5.91 Å². The Kier molecular flexibility index (Phi) is 5.15. The highest BCUT2D eigenvalue weighted by Crippen LogP contribution is 2.58. The van der Waals surface area contributed by atoms with Gasteiger partial charge in [-0.3, -0.25) is 4.79 Å². The van der Waals surface area contributed by atoms with Crippen molar-refractivity contribution in [2.24, 2.45) is 11.8 Å². The second-order valence-electron chi connectivity index (χ2n) is 9.13. The van der Waals surface area contributed by atoms with Crippen molar-refractivity contribution in [3.05, 3.63) is 35.7 Å². The third-order valence-electron chi connectivity index (χ3n) is 6.81. The summed E-state index contributed by atoms with van der Waals surface area (Å²) >= 11 is 0. The molecule has 0 radical (unpaired) electrons. The molecular formula is C22H26F3N3O3. The number of halogens is 3. The Hall–Kier alpha value is -2.42. The van der Waals surface area contributed by atoms with Gasteiger partial charge in [0.1, 0.15) is 0 Å². The highest BCUT2D eigenvalue weighted by molar-refractivity contribution is 5.85. The maximum atomic E-state index is 13.1. The summed E-state index contributed by atoms with van der Waals surface area (Å²) in [5.74, 6) is -0.253. The molecule has 1 amide bonds. The predicted molar refractivity (Wildman–Crippen MR) is 106 cm³/mol. The van der Waals surface area contributed by atoms with E-state index in [1.165, 1.54) is 0 Å². The number of rotatable bonds is 4. The highest BCUT2D eigenvalue weighted by Gasteiger charge is 2.60. The van der Waals surface area contributed by atoms with E-state index >= 15 is 0 Å². The summed E-state index contributed by atoms with van der Waals surface area (Å²) in [6.07, 6.45) is -2.77. The minimum Gasteiger partial charge on any atom is -0.420 e. The molecule has 1 saturated carbocycles. The molecule has 31 heavy (non-hydrogen) atoms. The van der Waals surface area contributed by atoms with Crippen LogP contribution in [0, 0.1) is 18.8 Å². The Balaban J connectivity index is 1.49. The summed E-state index contributed by atoms with van der Waals surface area (Å²) in [6, 6.07) is 7.78. The van der Waals surface area contributed by atoms with Gasteiger partial charge in [0.25, 0.3) is 5.91 Å². The van der Waals surface area contributed by atoms with Gasteiger partial charge in [0.15, 0.2) is 0 Å². The van der Waals surface area contributed by atoms with Gasteiger partial charge in [-0.25, -0.2) is 0 Å². The molecule has 168 valence electrons. The number of amides is 1. The summed E-state index contributed by atoms with van der Waals surface area (Å²) < 4.78 is 45.2. The first kappa shape index (κ1) is 21.8. The van der Waals surface area contributed by atoms with Crippen LogP contribution in [0.2, 0.25) is 0 Å². The zero-order valence-electron chi connectivity index (χ0n) is 17.7. The molecule has 1 N–H and O–H groups in total. The van der Waals surface area contributed by atoms with Crippen molar-refractivity contribution < 1.29 is 27.5 Å². The number of alkyl halides is 3. The van der Waals surface area contributed by atoms with Crippen molar-refractivity contribution in [1.29, 1.82) is 0 Å². The summed E-state index contributed by atoms with van der Waals surface area (Å²) in [5, 5.41) is 18.3. The third-order valence-corrected chi connectivity index (χ3v) is 6.81. The quantitative estimate of drug-likeness (QED) is 0.786. The maximum absolute atomic E-state index is 13.1. The molecule has 1 unspecified atom stereocenters. The zero-order chi connectivity index (χ0) is 22.6. The minimum absolute atomic E-state index is 0.0704. The second-order valence-corrected chi connectivity index (χ2v) is 9.13. The van der Waals surface area contributed by atoms with E-state index in [1.54, 1.807) is 0 Å². The average molecular weight is 437 g/mol. The van der Waals surface area contributed by atoms with E-state index in [-0.39, 0.29) is 30.3 Å². The van der Waals surface area contributed by atoms with E-state index in [2.05, 4.69) is 10.2 Å². The molecule has 1 saturated heterocycles. The number of piperidine rings is 1. The molecular weight excluding hydrogens is 411 g/mol. The molecule has 4 rings (SSSR count).